The smallest absolute Gasteiger partial charge is 0.0851 e. The summed E-state index contributed by atoms with van der Waals surface area (Å²) in [5.41, 5.74) is 5.48. The molecule has 0 fully saturated rings. The number of anilines is 2. The lowest BCUT2D eigenvalue weighted by Gasteiger charge is -2.07. The molecule has 0 radical (unpaired) electrons. The molecular weight excluding hydrogens is 236 g/mol. The van der Waals surface area contributed by atoms with Crippen molar-refractivity contribution in [3.8, 4) is 11.1 Å². The summed E-state index contributed by atoms with van der Waals surface area (Å²) >= 11 is 0. The Bertz CT molecular complexity index is 753. The monoisotopic (exact) mass is 248 g/mol. The molecule has 0 bridgehead atoms. The largest absolute Gasteiger partial charge is 0.366 e. The molecule has 0 atom stereocenters. The average Bonchev–Trinajstić information content (AvgIpc) is 2.96. The van der Waals surface area contributed by atoms with Crippen LogP contribution in [0.3, 0.4) is 0 Å². The average molecular weight is 248 g/mol. The van der Waals surface area contributed by atoms with E-state index in [0.717, 1.165) is 40.1 Å². The quantitative estimate of drug-likeness (QED) is 0.694. The molecule has 0 unspecified atom stereocenters. The van der Waals surface area contributed by atoms with Gasteiger partial charge in [-0.2, -0.15) is 0 Å². The molecule has 0 spiro atoms. The molecule has 0 saturated heterocycles. The van der Waals surface area contributed by atoms with Gasteiger partial charge in [-0.1, -0.05) is 12.1 Å². The van der Waals surface area contributed by atoms with Gasteiger partial charge in [-0.3, -0.25) is 9.97 Å². The fourth-order valence-electron chi connectivity index (χ4n) is 2.46. The molecule has 4 heteroatoms. The molecule has 1 aromatic carbocycles. The maximum atomic E-state index is 4.47. The number of rotatable bonds is 1. The molecule has 2 aromatic heterocycles. The number of nitrogens with zero attached hydrogens (tertiary/aromatic N) is 2. The lowest BCUT2D eigenvalue weighted by Crippen LogP contribution is -1.99. The standard InChI is InChI=1S/C15H12N4/c1-2-11(7-16-5-1)10-3-4-13-12(6-10)15-14(8-17-13)18-9-19-15/h1-8,18-19H,9H2. The summed E-state index contributed by atoms with van der Waals surface area (Å²) in [5.74, 6) is 0. The van der Waals surface area contributed by atoms with Crippen molar-refractivity contribution in [2.45, 2.75) is 0 Å². The molecule has 1 aliphatic heterocycles. The maximum Gasteiger partial charge on any atom is 0.0851 e. The first kappa shape index (κ1) is 10.3. The molecule has 19 heavy (non-hydrogen) atoms. The maximum absolute atomic E-state index is 4.47. The Kier molecular flexibility index (Phi) is 2.14. The van der Waals surface area contributed by atoms with Crippen LogP contribution >= 0.6 is 0 Å². The number of pyridine rings is 2. The molecule has 92 valence electrons. The van der Waals surface area contributed by atoms with Crippen molar-refractivity contribution < 1.29 is 0 Å². The van der Waals surface area contributed by atoms with Gasteiger partial charge < -0.3 is 10.6 Å². The highest BCUT2D eigenvalue weighted by Gasteiger charge is 2.13. The predicted octanol–water partition coefficient (Wildman–Crippen LogP) is 3.09. The first-order valence-corrected chi connectivity index (χ1v) is 6.23. The van der Waals surface area contributed by atoms with Gasteiger partial charge in [0, 0.05) is 23.3 Å². The molecule has 0 saturated carbocycles. The molecule has 2 N–H and O–H groups in total. The van der Waals surface area contributed by atoms with Crippen molar-refractivity contribution in [1.82, 2.24) is 9.97 Å². The predicted molar refractivity (Wildman–Crippen MR) is 77.1 cm³/mol. The molecule has 4 nitrogen and oxygen atoms in total. The van der Waals surface area contributed by atoms with Crippen molar-refractivity contribution in [3.63, 3.8) is 0 Å². The van der Waals surface area contributed by atoms with E-state index in [1.165, 1.54) is 0 Å². The lowest BCUT2D eigenvalue weighted by molar-refractivity contribution is 1.30. The van der Waals surface area contributed by atoms with E-state index in [1.807, 2.05) is 18.5 Å². The second-order valence-electron chi connectivity index (χ2n) is 4.55. The number of fused-ring (bicyclic) bond motifs is 3. The summed E-state index contributed by atoms with van der Waals surface area (Å²) in [6.07, 6.45) is 5.54. The fraction of sp³-hybridized carbons (Fsp3) is 0.0667. The van der Waals surface area contributed by atoms with E-state index in [1.54, 1.807) is 6.20 Å². The fourth-order valence-corrected chi connectivity index (χ4v) is 2.46. The van der Waals surface area contributed by atoms with E-state index in [0.29, 0.717) is 0 Å². The van der Waals surface area contributed by atoms with Gasteiger partial charge in [0.05, 0.1) is 29.8 Å². The highest BCUT2D eigenvalue weighted by molar-refractivity contribution is 6.01. The van der Waals surface area contributed by atoms with Gasteiger partial charge in [0.15, 0.2) is 0 Å². The van der Waals surface area contributed by atoms with Crippen LogP contribution in [0.15, 0.2) is 48.9 Å². The molecule has 3 aromatic rings. The van der Waals surface area contributed by atoms with Crippen molar-refractivity contribution in [2.24, 2.45) is 0 Å². The van der Waals surface area contributed by atoms with Gasteiger partial charge in [0.25, 0.3) is 0 Å². The van der Waals surface area contributed by atoms with Crippen LogP contribution in [-0.2, 0) is 0 Å². The van der Waals surface area contributed by atoms with Crippen LogP contribution in [0.4, 0.5) is 11.4 Å². The number of nitrogens with one attached hydrogen (secondary N) is 2. The minimum Gasteiger partial charge on any atom is -0.366 e. The van der Waals surface area contributed by atoms with Crippen LogP contribution in [-0.4, -0.2) is 16.6 Å². The molecular formula is C15H12N4. The van der Waals surface area contributed by atoms with Crippen LogP contribution in [0.1, 0.15) is 0 Å². The Morgan fingerprint density at radius 2 is 2.00 bits per heavy atom. The van der Waals surface area contributed by atoms with E-state index in [-0.39, 0.29) is 0 Å². The van der Waals surface area contributed by atoms with Crippen molar-refractivity contribution in [1.29, 1.82) is 0 Å². The van der Waals surface area contributed by atoms with Gasteiger partial charge in [0.2, 0.25) is 0 Å². The highest BCUT2D eigenvalue weighted by Crippen LogP contribution is 2.34. The molecule has 0 aliphatic carbocycles. The van der Waals surface area contributed by atoms with Gasteiger partial charge >= 0.3 is 0 Å². The minimum absolute atomic E-state index is 0.757. The van der Waals surface area contributed by atoms with Crippen LogP contribution < -0.4 is 10.6 Å². The third-order valence-corrected chi connectivity index (χ3v) is 3.41. The first-order chi connectivity index (χ1) is 9.42. The summed E-state index contributed by atoms with van der Waals surface area (Å²) in [5, 5.41) is 7.76. The number of hydrogen-bond acceptors (Lipinski definition) is 4. The highest BCUT2D eigenvalue weighted by atomic mass is 15.1. The van der Waals surface area contributed by atoms with Gasteiger partial charge in [-0.05, 0) is 23.8 Å². The number of aromatic nitrogens is 2. The molecule has 0 amide bonds. The Hall–Kier alpha value is -2.62. The van der Waals surface area contributed by atoms with E-state index in [2.05, 4.69) is 44.9 Å². The summed E-state index contributed by atoms with van der Waals surface area (Å²) in [6.45, 7) is 0.757. The SMILES string of the molecule is c1cncc(-c2ccc3ncc4c(c3c2)NCN4)c1. The van der Waals surface area contributed by atoms with E-state index in [4.69, 9.17) is 0 Å². The third-order valence-electron chi connectivity index (χ3n) is 3.41. The van der Waals surface area contributed by atoms with Crippen molar-refractivity contribution in [2.75, 3.05) is 17.3 Å². The number of benzene rings is 1. The van der Waals surface area contributed by atoms with E-state index in [9.17, 15) is 0 Å². The summed E-state index contributed by atoms with van der Waals surface area (Å²) in [7, 11) is 0. The zero-order chi connectivity index (χ0) is 12.7. The van der Waals surface area contributed by atoms with Gasteiger partial charge in [-0.25, -0.2) is 0 Å². The zero-order valence-electron chi connectivity index (χ0n) is 10.2. The van der Waals surface area contributed by atoms with E-state index < -0.39 is 0 Å². The zero-order valence-corrected chi connectivity index (χ0v) is 10.2. The Morgan fingerprint density at radius 1 is 1.00 bits per heavy atom. The summed E-state index contributed by atoms with van der Waals surface area (Å²) < 4.78 is 0. The second kappa shape index (κ2) is 3.95. The normalized spacial score (nSPS) is 12.8. The molecule has 3 heterocycles. The molecule has 4 rings (SSSR count). The van der Waals surface area contributed by atoms with Gasteiger partial charge in [-0.15, -0.1) is 0 Å². The van der Waals surface area contributed by atoms with Gasteiger partial charge in [0.1, 0.15) is 0 Å². The Morgan fingerprint density at radius 3 is 2.89 bits per heavy atom. The molecule has 1 aliphatic rings. The van der Waals surface area contributed by atoms with Crippen molar-refractivity contribution >= 4 is 22.3 Å². The lowest BCUT2D eigenvalue weighted by atomic mass is 10.0. The van der Waals surface area contributed by atoms with Crippen LogP contribution in [0.2, 0.25) is 0 Å². The van der Waals surface area contributed by atoms with Crippen LogP contribution in [0, 0.1) is 0 Å². The summed E-state index contributed by atoms with van der Waals surface area (Å²) in [6, 6.07) is 10.3. The minimum atomic E-state index is 0.757. The van der Waals surface area contributed by atoms with E-state index >= 15 is 0 Å². The van der Waals surface area contributed by atoms with Crippen LogP contribution in [0.5, 0.6) is 0 Å². The number of hydrogen-bond donors (Lipinski definition) is 2. The second-order valence-corrected chi connectivity index (χ2v) is 4.55. The van der Waals surface area contributed by atoms with Crippen LogP contribution in [0.25, 0.3) is 22.0 Å². The third kappa shape index (κ3) is 1.61. The Labute approximate surface area is 110 Å². The topological polar surface area (TPSA) is 49.8 Å². The van der Waals surface area contributed by atoms with Crippen molar-refractivity contribution in [3.05, 3.63) is 48.9 Å². The first-order valence-electron chi connectivity index (χ1n) is 6.23. The Balaban J connectivity index is 1.96. The summed E-state index contributed by atoms with van der Waals surface area (Å²) in [4.78, 5) is 8.64.